The third-order valence-corrected chi connectivity index (χ3v) is 4.77. The minimum absolute atomic E-state index is 0.102. The Kier molecular flexibility index (Phi) is 3.40. The van der Waals surface area contributed by atoms with Crippen LogP contribution in [-0.2, 0) is 4.79 Å². The standard InChI is InChI=1S/C18H18FN3O2/c1-2-9-21-14-10-22(11-7-8-11)17(23)15(14)16(20-18(21)24)12-5-3-4-6-13(12)19/h2-6,11,16H,1,7-10H2,(H,20,24)/t16-/m1/s1. The molecule has 1 fully saturated rings. The largest absolute Gasteiger partial charge is 0.330 e. The monoisotopic (exact) mass is 327 g/mol. The Morgan fingerprint density at radius 3 is 2.71 bits per heavy atom. The fourth-order valence-corrected chi connectivity index (χ4v) is 3.46. The highest BCUT2D eigenvalue weighted by molar-refractivity contribution is 6.01. The van der Waals surface area contributed by atoms with E-state index in [4.69, 9.17) is 0 Å². The molecule has 24 heavy (non-hydrogen) atoms. The molecule has 3 aliphatic rings. The predicted octanol–water partition coefficient (Wildman–Crippen LogP) is 2.34. The van der Waals surface area contributed by atoms with E-state index in [0.29, 0.717) is 29.9 Å². The summed E-state index contributed by atoms with van der Waals surface area (Å²) in [5.74, 6) is -0.528. The van der Waals surface area contributed by atoms with Crippen LogP contribution in [0, 0.1) is 5.82 Å². The van der Waals surface area contributed by atoms with Gasteiger partial charge in [-0.2, -0.15) is 0 Å². The molecule has 124 valence electrons. The Labute approximate surface area is 139 Å². The molecule has 0 unspecified atom stereocenters. The summed E-state index contributed by atoms with van der Waals surface area (Å²) < 4.78 is 14.3. The number of benzene rings is 1. The number of rotatable bonds is 4. The first kappa shape index (κ1) is 14.9. The smallest absolute Gasteiger partial charge is 0.322 e. The van der Waals surface area contributed by atoms with Crippen molar-refractivity contribution >= 4 is 11.9 Å². The van der Waals surface area contributed by atoms with E-state index in [-0.39, 0.29) is 18.0 Å². The Balaban J connectivity index is 1.80. The fourth-order valence-electron chi connectivity index (χ4n) is 3.46. The summed E-state index contributed by atoms with van der Waals surface area (Å²) in [4.78, 5) is 28.7. The highest BCUT2D eigenvalue weighted by Crippen LogP contribution is 2.41. The predicted molar refractivity (Wildman–Crippen MR) is 86.3 cm³/mol. The SMILES string of the molecule is C=CCN1C(=O)N[C@H](c2ccccc2F)C2=C1CN(C1CC1)C2=O. The van der Waals surface area contributed by atoms with Crippen molar-refractivity contribution in [3.63, 3.8) is 0 Å². The molecule has 4 rings (SSSR count). The molecular formula is C18H18FN3O2. The summed E-state index contributed by atoms with van der Waals surface area (Å²) in [5.41, 5.74) is 1.47. The number of hydrogen-bond acceptors (Lipinski definition) is 2. The molecule has 0 spiro atoms. The lowest BCUT2D eigenvalue weighted by Gasteiger charge is -2.33. The van der Waals surface area contributed by atoms with Gasteiger partial charge in [0.25, 0.3) is 5.91 Å². The van der Waals surface area contributed by atoms with E-state index in [1.165, 1.54) is 11.0 Å². The van der Waals surface area contributed by atoms with Crippen molar-refractivity contribution in [2.45, 2.75) is 24.9 Å². The van der Waals surface area contributed by atoms with Gasteiger partial charge in [-0.05, 0) is 18.9 Å². The first-order valence-electron chi connectivity index (χ1n) is 8.09. The van der Waals surface area contributed by atoms with Crippen molar-refractivity contribution in [1.82, 2.24) is 15.1 Å². The zero-order valence-corrected chi connectivity index (χ0v) is 13.2. The number of hydrogen-bond donors (Lipinski definition) is 1. The summed E-state index contributed by atoms with van der Waals surface area (Å²) >= 11 is 0. The lowest BCUT2D eigenvalue weighted by Crippen LogP contribution is -2.47. The normalized spacial score (nSPS) is 23.5. The van der Waals surface area contributed by atoms with Gasteiger partial charge in [0, 0.05) is 18.2 Å². The first-order valence-corrected chi connectivity index (χ1v) is 8.09. The van der Waals surface area contributed by atoms with E-state index in [1.807, 2.05) is 0 Å². The van der Waals surface area contributed by atoms with E-state index < -0.39 is 11.9 Å². The topological polar surface area (TPSA) is 52.7 Å². The molecule has 1 aromatic carbocycles. The number of nitrogens with one attached hydrogen (secondary N) is 1. The highest BCUT2D eigenvalue weighted by atomic mass is 19.1. The van der Waals surface area contributed by atoms with Gasteiger partial charge in [-0.1, -0.05) is 24.3 Å². The van der Waals surface area contributed by atoms with E-state index >= 15 is 0 Å². The van der Waals surface area contributed by atoms with Gasteiger partial charge >= 0.3 is 6.03 Å². The third kappa shape index (κ3) is 2.21. The lowest BCUT2D eigenvalue weighted by atomic mass is 9.95. The Morgan fingerprint density at radius 2 is 2.04 bits per heavy atom. The zero-order chi connectivity index (χ0) is 16.8. The molecule has 3 amide bonds. The first-order chi connectivity index (χ1) is 11.6. The van der Waals surface area contributed by atoms with Gasteiger partial charge in [0.2, 0.25) is 0 Å². The van der Waals surface area contributed by atoms with Gasteiger partial charge in [-0.15, -0.1) is 6.58 Å². The van der Waals surface area contributed by atoms with Crippen molar-refractivity contribution in [2.24, 2.45) is 0 Å². The molecule has 1 aromatic rings. The number of carbonyl (C=O) groups excluding carboxylic acids is 2. The van der Waals surface area contributed by atoms with Crippen LogP contribution in [0.3, 0.4) is 0 Å². The number of amides is 3. The van der Waals surface area contributed by atoms with Gasteiger partial charge in [0.1, 0.15) is 5.82 Å². The van der Waals surface area contributed by atoms with Crippen LogP contribution in [0.2, 0.25) is 0 Å². The Hall–Kier alpha value is -2.63. The zero-order valence-electron chi connectivity index (χ0n) is 13.2. The van der Waals surface area contributed by atoms with Gasteiger partial charge < -0.3 is 10.2 Å². The number of carbonyl (C=O) groups is 2. The molecule has 1 aliphatic carbocycles. The van der Waals surface area contributed by atoms with Crippen LogP contribution in [0.4, 0.5) is 9.18 Å². The molecule has 0 radical (unpaired) electrons. The minimum atomic E-state index is -0.744. The molecule has 1 N–H and O–H groups in total. The van der Waals surface area contributed by atoms with Crippen LogP contribution in [0.25, 0.3) is 0 Å². The molecule has 0 aromatic heterocycles. The minimum Gasteiger partial charge on any atom is -0.330 e. The molecule has 0 bridgehead atoms. The van der Waals surface area contributed by atoms with Crippen molar-refractivity contribution in [3.8, 4) is 0 Å². The molecule has 6 heteroatoms. The van der Waals surface area contributed by atoms with Crippen molar-refractivity contribution in [1.29, 1.82) is 0 Å². The van der Waals surface area contributed by atoms with Gasteiger partial charge in [-0.25, -0.2) is 9.18 Å². The molecule has 1 saturated carbocycles. The van der Waals surface area contributed by atoms with Crippen LogP contribution in [0.1, 0.15) is 24.4 Å². The summed E-state index contributed by atoms with van der Waals surface area (Å²) in [6.45, 7) is 4.41. The van der Waals surface area contributed by atoms with Crippen molar-refractivity contribution in [3.05, 3.63) is 59.6 Å². The van der Waals surface area contributed by atoms with Crippen LogP contribution in [0.5, 0.6) is 0 Å². The quantitative estimate of drug-likeness (QED) is 0.863. The number of urea groups is 1. The molecule has 0 saturated heterocycles. The highest BCUT2D eigenvalue weighted by Gasteiger charge is 2.47. The Morgan fingerprint density at radius 1 is 1.29 bits per heavy atom. The average molecular weight is 327 g/mol. The van der Waals surface area contributed by atoms with Crippen LogP contribution in [0.15, 0.2) is 48.2 Å². The molecule has 5 nitrogen and oxygen atoms in total. The average Bonchev–Trinajstić information content (AvgIpc) is 3.35. The van der Waals surface area contributed by atoms with E-state index in [0.717, 1.165) is 12.8 Å². The molecule has 2 aliphatic heterocycles. The van der Waals surface area contributed by atoms with Gasteiger partial charge in [-0.3, -0.25) is 9.69 Å². The lowest BCUT2D eigenvalue weighted by molar-refractivity contribution is -0.126. The maximum atomic E-state index is 14.3. The van der Waals surface area contributed by atoms with Crippen molar-refractivity contribution < 1.29 is 14.0 Å². The molecular weight excluding hydrogens is 309 g/mol. The number of nitrogens with zero attached hydrogens (tertiary/aromatic N) is 2. The Bertz CT molecular complexity index is 769. The van der Waals surface area contributed by atoms with Crippen LogP contribution >= 0.6 is 0 Å². The maximum Gasteiger partial charge on any atom is 0.322 e. The summed E-state index contributed by atoms with van der Waals surface area (Å²) in [7, 11) is 0. The van der Waals surface area contributed by atoms with Crippen LogP contribution < -0.4 is 5.32 Å². The van der Waals surface area contributed by atoms with E-state index in [9.17, 15) is 14.0 Å². The second-order valence-electron chi connectivity index (χ2n) is 6.33. The van der Waals surface area contributed by atoms with Crippen LogP contribution in [-0.4, -0.2) is 40.9 Å². The van der Waals surface area contributed by atoms with Gasteiger partial charge in [0.05, 0.1) is 23.9 Å². The van der Waals surface area contributed by atoms with Crippen molar-refractivity contribution in [2.75, 3.05) is 13.1 Å². The second-order valence-corrected chi connectivity index (χ2v) is 6.33. The fraction of sp³-hybridized carbons (Fsp3) is 0.333. The van der Waals surface area contributed by atoms with Gasteiger partial charge in [0.15, 0.2) is 0 Å². The summed E-state index contributed by atoms with van der Waals surface area (Å²) in [6.07, 6.45) is 3.59. The van der Waals surface area contributed by atoms with E-state index in [1.54, 1.807) is 29.2 Å². The molecule has 1 atom stereocenters. The summed E-state index contributed by atoms with van der Waals surface area (Å²) in [6, 6.07) is 5.43. The number of halogens is 1. The molecule has 2 heterocycles. The summed E-state index contributed by atoms with van der Waals surface area (Å²) in [5, 5.41) is 2.78. The maximum absolute atomic E-state index is 14.3. The van der Waals surface area contributed by atoms with E-state index in [2.05, 4.69) is 11.9 Å². The second kappa shape index (κ2) is 5.47. The third-order valence-electron chi connectivity index (χ3n) is 4.77.